The second-order valence-electron chi connectivity index (χ2n) is 3.76. The van der Waals surface area contributed by atoms with Crippen molar-refractivity contribution >= 4 is 28.5 Å². The molecule has 0 unspecified atom stereocenters. The van der Waals surface area contributed by atoms with Crippen molar-refractivity contribution in [3.05, 3.63) is 33.3 Å². The zero-order valence-corrected chi connectivity index (χ0v) is 10.4. The molecule has 0 fully saturated rings. The summed E-state index contributed by atoms with van der Waals surface area (Å²) in [4.78, 5) is 23.6. The largest absolute Gasteiger partial charge is 0.465 e. The quantitative estimate of drug-likeness (QED) is 0.721. The summed E-state index contributed by atoms with van der Waals surface area (Å²) in [6.45, 7) is 0. The molecule has 2 rings (SSSR count). The molecule has 0 radical (unpaired) electrons. The molecule has 0 aliphatic carbocycles. The molecule has 2 heterocycles. The van der Waals surface area contributed by atoms with Crippen LogP contribution in [-0.2, 0) is 18.8 Å². The molecule has 6 heteroatoms. The molecule has 0 aliphatic heterocycles. The van der Waals surface area contributed by atoms with Gasteiger partial charge in [-0.3, -0.25) is 4.79 Å². The molecule has 0 amide bonds. The Balaban J connectivity index is 2.99. The van der Waals surface area contributed by atoms with Gasteiger partial charge in [-0.15, -0.1) is 0 Å². The molecule has 0 aliphatic rings. The third-order valence-electron chi connectivity index (χ3n) is 2.65. The fourth-order valence-electron chi connectivity index (χ4n) is 1.86. The summed E-state index contributed by atoms with van der Waals surface area (Å²) in [6.07, 6.45) is 3.07. The number of carbonyl (C=O) groups is 1. The highest BCUT2D eigenvalue weighted by Gasteiger charge is 2.20. The lowest BCUT2D eigenvalue weighted by molar-refractivity contribution is 0.0602. The molecule has 2 aromatic rings. The standard InChI is InChI=1S/C11H11ClN2O3/c1-13-4-6(11(16)17-3)8-9(13)7(12)5-14(2)10(8)15/h4-5H,1-3H3. The first-order chi connectivity index (χ1) is 7.97. The summed E-state index contributed by atoms with van der Waals surface area (Å²) in [5.74, 6) is -0.546. The van der Waals surface area contributed by atoms with Crippen molar-refractivity contribution in [2.24, 2.45) is 14.1 Å². The Kier molecular flexibility index (Phi) is 2.71. The van der Waals surface area contributed by atoms with Crippen LogP contribution in [0.3, 0.4) is 0 Å². The number of rotatable bonds is 1. The number of aryl methyl sites for hydroxylation is 2. The van der Waals surface area contributed by atoms with E-state index in [1.807, 2.05) is 0 Å². The number of esters is 1. The normalized spacial score (nSPS) is 10.8. The Morgan fingerprint density at radius 1 is 1.29 bits per heavy atom. The van der Waals surface area contributed by atoms with E-state index in [1.54, 1.807) is 24.9 Å². The molecule has 0 aromatic carbocycles. The van der Waals surface area contributed by atoms with Gasteiger partial charge in [0.1, 0.15) is 0 Å². The average Bonchev–Trinajstić information content (AvgIpc) is 2.63. The summed E-state index contributed by atoms with van der Waals surface area (Å²) >= 11 is 6.07. The van der Waals surface area contributed by atoms with Crippen molar-refractivity contribution in [1.82, 2.24) is 9.13 Å². The van der Waals surface area contributed by atoms with Crippen molar-refractivity contribution in [1.29, 1.82) is 0 Å². The molecule has 0 saturated heterocycles. The first kappa shape index (κ1) is 11.7. The van der Waals surface area contributed by atoms with Crippen LogP contribution in [0.25, 0.3) is 10.9 Å². The van der Waals surface area contributed by atoms with Crippen molar-refractivity contribution in [2.75, 3.05) is 7.11 Å². The molecule has 0 bridgehead atoms. The van der Waals surface area contributed by atoms with E-state index in [4.69, 9.17) is 11.6 Å². The Bertz CT molecular complexity index is 669. The molecule has 2 aromatic heterocycles. The van der Waals surface area contributed by atoms with Crippen LogP contribution in [0.4, 0.5) is 0 Å². The zero-order chi connectivity index (χ0) is 12.7. The van der Waals surface area contributed by atoms with Crippen LogP contribution in [0.2, 0.25) is 5.02 Å². The van der Waals surface area contributed by atoms with Gasteiger partial charge in [0.2, 0.25) is 0 Å². The molecule has 90 valence electrons. The second-order valence-corrected chi connectivity index (χ2v) is 4.17. The Morgan fingerprint density at radius 3 is 2.53 bits per heavy atom. The lowest BCUT2D eigenvalue weighted by atomic mass is 10.2. The summed E-state index contributed by atoms with van der Waals surface area (Å²) in [5.41, 5.74) is 0.494. The van der Waals surface area contributed by atoms with Gasteiger partial charge in [0.25, 0.3) is 5.56 Å². The van der Waals surface area contributed by atoms with Crippen LogP contribution in [0.15, 0.2) is 17.2 Å². The van der Waals surface area contributed by atoms with Gasteiger partial charge in [-0.25, -0.2) is 4.79 Å². The third kappa shape index (κ3) is 1.63. The van der Waals surface area contributed by atoms with E-state index < -0.39 is 5.97 Å². The maximum atomic E-state index is 12.0. The average molecular weight is 255 g/mol. The number of ether oxygens (including phenoxy) is 1. The van der Waals surface area contributed by atoms with Crippen molar-refractivity contribution in [3.63, 3.8) is 0 Å². The third-order valence-corrected chi connectivity index (χ3v) is 2.93. The molecular weight excluding hydrogens is 244 g/mol. The van der Waals surface area contributed by atoms with Crippen LogP contribution in [0.5, 0.6) is 0 Å². The highest BCUT2D eigenvalue weighted by Crippen LogP contribution is 2.24. The highest BCUT2D eigenvalue weighted by molar-refractivity contribution is 6.35. The number of fused-ring (bicyclic) bond motifs is 1. The molecule has 17 heavy (non-hydrogen) atoms. The summed E-state index contributed by atoms with van der Waals surface area (Å²) in [6, 6.07) is 0. The van der Waals surface area contributed by atoms with E-state index in [2.05, 4.69) is 4.74 Å². The number of carbonyl (C=O) groups excluding carboxylic acids is 1. The number of aromatic nitrogens is 2. The minimum atomic E-state index is -0.546. The molecule has 0 saturated carbocycles. The van der Waals surface area contributed by atoms with Gasteiger partial charge in [0.05, 0.1) is 28.6 Å². The monoisotopic (exact) mass is 254 g/mol. The minimum absolute atomic E-state index is 0.230. The van der Waals surface area contributed by atoms with E-state index in [9.17, 15) is 9.59 Å². The highest BCUT2D eigenvalue weighted by atomic mass is 35.5. The second kappa shape index (κ2) is 3.92. The lowest BCUT2D eigenvalue weighted by Gasteiger charge is -2.02. The van der Waals surface area contributed by atoms with Crippen LogP contribution in [0.1, 0.15) is 10.4 Å². The number of methoxy groups -OCH3 is 1. The zero-order valence-electron chi connectivity index (χ0n) is 9.65. The van der Waals surface area contributed by atoms with Gasteiger partial charge < -0.3 is 13.9 Å². The predicted octanol–water partition coefficient (Wildman–Crippen LogP) is 1.32. The Morgan fingerprint density at radius 2 is 1.94 bits per heavy atom. The van der Waals surface area contributed by atoms with Crippen molar-refractivity contribution in [2.45, 2.75) is 0 Å². The molecule has 0 spiro atoms. The van der Waals surface area contributed by atoms with Gasteiger partial charge in [-0.05, 0) is 0 Å². The smallest absolute Gasteiger partial charge is 0.340 e. The topological polar surface area (TPSA) is 53.2 Å². The Hall–Kier alpha value is -1.75. The molecule has 0 atom stereocenters. The fraction of sp³-hybridized carbons (Fsp3) is 0.273. The van der Waals surface area contributed by atoms with E-state index in [-0.39, 0.29) is 16.5 Å². The number of halogens is 1. The maximum absolute atomic E-state index is 12.0. The maximum Gasteiger partial charge on any atom is 0.340 e. The van der Waals surface area contributed by atoms with E-state index >= 15 is 0 Å². The van der Waals surface area contributed by atoms with Crippen LogP contribution in [0, 0.1) is 0 Å². The van der Waals surface area contributed by atoms with Gasteiger partial charge in [0, 0.05) is 26.5 Å². The van der Waals surface area contributed by atoms with Crippen LogP contribution >= 0.6 is 11.6 Å². The van der Waals surface area contributed by atoms with Crippen LogP contribution < -0.4 is 5.56 Å². The van der Waals surface area contributed by atoms with Gasteiger partial charge >= 0.3 is 5.97 Å². The van der Waals surface area contributed by atoms with Crippen molar-refractivity contribution < 1.29 is 9.53 Å². The first-order valence-corrected chi connectivity index (χ1v) is 5.27. The molecule has 5 nitrogen and oxygen atoms in total. The number of pyridine rings is 1. The van der Waals surface area contributed by atoms with Crippen LogP contribution in [-0.4, -0.2) is 22.2 Å². The predicted molar refractivity (Wildman–Crippen MR) is 64.5 cm³/mol. The number of nitrogens with zero attached hydrogens (tertiary/aromatic N) is 2. The SMILES string of the molecule is COC(=O)c1cn(C)c2c(Cl)cn(C)c(=O)c12. The van der Waals surface area contributed by atoms with E-state index in [1.165, 1.54) is 17.9 Å². The number of hydrogen-bond acceptors (Lipinski definition) is 3. The van der Waals surface area contributed by atoms with E-state index in [0.29, 0.717) is 10.5 Å². The summed E-state index contributed by atoms with van der Waals surface area (Å²) < 4.78 is 7.64. The summed E-state index contributed by atoms with van der Waals surface area (Å²) in [5, 5.41) is 0.703. The van der Waals surface area contributed by atoms with E-state index in [0.717, 1.165) is 0 Å². The van der Waals surface area contributed by atoms with Gasteiger partial charge in [-0.2, -0.15) is 0 Å². The van der Waals surface area contributed by atoms with Crippen molar-refractivity contribution in [3.8, 4) is 0 Å². The lowest BCUT2D eigenvalue weighted by Crippen LogP contribution is -2.18. The first-order valence-electron chi connectivity index (χ1n) is 4.89. The molecular formula is C11H11ClN2O3. The fourth-order valence-corrected chi connectivity index (χ4v) is 2.24. The molecule has 0 N–H and O–H groups in total. The minimum Gasteiger partial charge on any atom is -0.465 e. The van der Waals surface area contributed by atoms with Gasteiger partial charge in [0.15, 0.2) is 0 Å². The van der Waals surface area contributed by atoms with Gasteiger partial charge in [-0.1, -0.05) is 11.6 Å². The Labute approximate surface area is 102 Å². The summed E-state index contributed by atoms with van der Waals surface area (Å²) in [7, 11) is 4.58. The number of hydrogen-bond donors (Lipinski definition) is 0.